The Morgan fingerprint density at radius 2 is 1.75 bits per heavy atom. The molecule has 3 aliphatic carbocycles. The fraction of sp³-hybridized carbons (Fsp3) is 0.458. The van der Waals surface area contributed by atoms with Gasteiger partial charge in [0.1, 0.15) is 0 Å². The molecule has 1 amide bonds. The minimum Gasteiger partial charge on any atom is -0.392 e. The smallest absolute Gasteiger partial charge is 0.255 e. The Kier molecular flexibility index (Phi) is 7.42. The maximum atomic E-state index is 13.5. The van der Waals surface area contributed by atoms with Gasteiger partial charge in [-0.05, 0) is 56.2 Å². The Morgan fingerprint density at radius 1 is 1.14 bits per heavy atom. The molecule has 0 spiro atoms. The summed E-state index contributed by atoms with van der Waals surface area (Å²) in [6.45, 7) is 2.18. The summed E-state index contributed by atoms with van der Waals surface area (Å²) in [5.41, 5.74) is -1.51. The summed E-state index contributed by atoms with van der Waals surface area (Å²) in [7, 11) is -3.98. The summed E-state index contributed by atoms with van der Waals surface area (Å²) < 4.78 is 67.0. The number of benzene rings is 2. The number of hydrogen-bond acceptors (Lipinski definition) is 6. The quantitative estimate of drug-likeness (QED) is 0.378. The van der Waals surface area contributed by atoms with Crippen molar-refractivity contribution in [1.29, 1.82) is 0 Å². The fourth-order valence-corrected chi connectivity index (χ4v) is 7.55. The molecule has 0 aromatic heterocycles. The zero-order valence-corrected chi connectivity index (χ0v) is 20.8. The lowest BCUT2D eigenvalue weighted by molar-refractivity contribution is -0.172. The first-order valence-corrected chi connectivity index (χ1v) is 13.4. The lowest BCUT2D eigenvalue weighted by atomic mass is 9.53. The molecule has 2 aromatic rings. The Labute approximate surface area is 211 Å². The van der Waals surface area contributed by atoms with Crippen LogP contribution in [0.5, 0.6) is 0 Å². The highest BCUT2D eigenvalue weighted by Crippen LogP contribution is 2.55. The van der Waals surface area contributed by atoms with Crippen molar-refractivity contribution >= 4 is 33.0 Å². The van der Waals surface area contributed by atoms with Crippen LogP contribution in [0.3, 0.4) is 0 Å². The Bertz CT molecular complexity index is 1260. The molecule has 0 aliphatic heterocycles. The van der Waals surface area contributed by atoms with Crippen molar-refractivity contribution in [2.45, 2.75) is 48.0 Å². The number of amides is 1. The highest BCUT2D eigenvalue weighted by molar-refractivity contribution is 7.92. The van der Waals surface area contributed by atoms with Crippen molar-refractivity contribution < 1.29 is 36.6 Å². The van der Waals surface area contributed by atoms with Gasteiger partial charge >= 0.3 is 0 Å². The van der Waals surface area contributed by atoms with Gasteiger partial charge in [-0.25, -0.2) is 21.6 Å². The third-order valence-electron chi connectivity index (χ3n) is 7.11. The number of aliphatic hydroxyl groups excluding tert-OH is 1. The number of aliphatic hydroxyl groups is 2. The average molecular weight is 547 g/mol. The fourth-order valence-electron chi connectivity index (χ4n) is 5.15. The highest BCUT2D eigenvalue weighted by Gasteiger charge is 2.59. The van der Waals surface area contributed by atoms with E-state index in [4.69, 9.17) is 11.6 Å². The van der Waals surface area contributed by atoms with E-state index >= 15 is 0 Å². The SMILES string of the molecule is CC(O)CNC[C@]1(O)C2CC1C[C@@H](S(=O)(=O)c1cc(C(=O)Nc3cc(F)c(F)c(F)c3)ccc1Cl)C2. The zero-order chi connectivity index (χ0) is 26.4. The van der Waals surface area contributed by atoms with Gasteiger partial charge in [-0.3, -0.25) is 4.79 Å². The molecule has 12 heteroatoms. The van der Waals surface area contributed by atoms with Gasteiger partial charge in [-0.2, -0.15) is 0 Å². The third kappa shape index (κ3) is 4.99. The van der Waals surface area contributed by atoms with Crippen LogP contribution in [0.1, 0.15) is 36.5 Å². The van der Waals surface area contributed by atoms with Gasteiger partial charge in [0.2, 0.25) is 0 Å². The minimum atomic E-state index is -3.98. The number of halogens is 4. The van der Waals surface area contributed by atoms with E-state index in [0.717, 1.165) is 6.07 Å². The second kappa shape index (κ2) is 9.94. The standard InChI is InChI=1S/C24H26ClF3N2O5S/c1-12(31)10-29-11-24(33)14-5-15(24)7-17(6-14)36(34,35)21-4-13(2-3-18(21)25)23(32)30-16-8-19(26)22(28)20(27)9-16/h2-4,8-9,12,14-15,17,29,31,33H,5-7,10-11H2,1H3,(H,30,32)/t12?,14?,15?,17-,24-. The second-order valence-electron chi connectivity index (χ2n) is 9.59. The lowest BCUT2D eigenvalue weighted by Crippen LogP contribution is -2.66. The first-order chi connectivity index (χ1) is 16.8. The van der Waals surface area contributed by atoms with Crippen LogP contribution < -0.4 is 10.6 Å². The van der Waals surface area contributed by atoms with Crippen molar-refractivity contribution in [3.05, 3.63) is 58.4 Å². The summed E-state index contributed by atoms with van der Waals surface area (Å²) in [6.07, 6.45) is 0.549. The van der Waals surface area contributed by atoms with Crippen LogP contribution in [-0.4, -0.2) is 54.6 Å². The van der Waals surface area contributed by atoms with Crippen molar-refractivity contribution in [2.24, 2.45) is 11.8 Å². The molecule has 3 saturated carbocycles. The molecule has 0 radical (unpaired) electrons. The van der Waals surface area contributed by atoms with E-state index in [-0.39, 0.29) is 52.4 Å². The molecule has 36 heavy (non-hydrogen) atoms. The Balaban J connectivity index is 1.50. The number of fused-ring (bicyclic) bond motifs is 2. The molecule has 196 valence electrons. The summed E-state index contributed by atoms with van der Waals surface area (Å²) in [5, 5.41) is 24.8. The normalized spacial score (nSPS) is 26.2. The molecular formula is C24H26ClF3N2O5S. The molecular weight excluding hydrogens is 521 g/mol. The van der Waals surface area contributed by atoms with E-state index < -0.39 is 50.2 Å². The number of nitrogens with one attached hydrogen (secondary N) is 2. The van der Waals surface area contributed by atoms with Crippen molar-refractivity contribution in [3.63, 3.8) is 0 Å². The highest BCUT2D eigenvalue weighted by atomic mass is 35.5. The molecule has 3 unspecified atom stereocenters. The lowest BCUT2D eigenvalue weighted by Gasteiger charge is -2.58. The number of carbonyl (C=O) groups excluding carboxylic acids is 1. The van der Waals surface area contributed by atoms with Crippen molar-refractivity contribution in [1.82, 2.24) is 5.32 Å². The van der Waals surface area contributed by atoms with Crippen LogP contribution in [0.15, 0.2) is 35.2 Å². The average Bonchev–Trinajstić information content (AvgIpc) is 2.82. The molecule has 3 fully saturated rings. The molecule has 3 atom stereocenters. The van der Waals surface area contributed by atoms with Gasteiger partial charge in [0.05, 0.1) is 26.9 Å². The molecule has 4 N–H and O–H groups in total. The number of sulfone groups is 1. The van der Waals surface area contributed by atoms with Crippen LogP contribution in [0, 0.1) is 29.3 Å². The maximum absolute atomic E-state index is 13.5. The maximum Gasteiger partial charge on any atom is 0.255 e. The van der Waals surface area contributed by atoms with Gasteiger partial charge in [-0.1, -0.05) is 11.6 Å². The summed E-state index contributed by atoms with van der Waals surface area (Å²) in [5.74, 6) is -6.00. The van der Waals surface area contributed by atoms with E-state index in [1.54, 1.807) is 6.92 Å². The zero-order valence-electron chi connectivity index (χ0n) is 19.3. The van der Waals surface area contributed by atoms with Gasteiger partial charge < -0.3 is 20.8 Å². The molecule has 5 rings (SSSR count). The van der Waals surface area contributed by atoms with Crippen LogP contribution >= 0.6 is 11.6 Å². The van der Waals surface area contributed by atoms with Gasteiger partial charge in [0, 0.05) is 36.5 Å². The number of carbonyl (C=O) groups is 1. The van der Waals surface area contributed by atoms with Crippen LogP contribution in [0.25, 0.3) is 0 Å². The first kappa shape index (κ1) is 26.9. The van der Waals surface area contributed by atoms with E-state index in [9.17, 15) is 36.6 Å². The molecule has 0 saturated heterocycles. The minimum absolute atomic E-state index is 0.0847. The number of hydrogen-bond donors (Lipinski definition) is 4. The summed E-state index contributed by atoms with van der Waals surface area (Å²) in [4.78, 5) is 12.4. The topological polar surface area (TPSA) is 116 Å². The van der Waals surface area contributed by atoms with E-state index in [2.05, 4.69) is 10.6 Å². The number of rotatable bonds is 8. The predicted octanol–water partition coefficient (Wildman–Crippen LogP) is 3.28. The molecule has 3 aliphatic rings. The van der Waals surface area contributed by atoms with Crippen molar-refractivity contribution in [3.8, 4) is 0 Å². The van der Waals surface area contributed by atoms with Crippen molar-refractivity contribution in [2.75, 3.05) is 18.4 Å². The molecule has 2 bridgehead atoms. The van der Waals surface area contributed by atoms with Crippen LogP contribution in [0.2, 0.25) is 5.02 Å². The largest absolute Gasteiger partial charge is 0.392 e. The monoisotopic (exact) mass is 546 g/mol. The molecule has 0 heterocycles. The van der Waals surface area contributed by atoms with Gasteiger partial charge in [-0.15, -0.1) is 0 Å². The Morgan fingerprint density at radius 3 is 2.33 bits per heavy atom. The third-order valence-corrected chi connectivity index (χ3v) is 9.76. The first-order valence-electron chi connectivity index (χ1n) is 11.4. The van der Waals surface area contributed by atoms with Crippen LogP contribution in [-0.2, 0) is 9.84 Å². The molecule has 7 nitrogen and oxygen atoms in total. The van der Waals surface area contributed by atoms with E-state index in [1.165, 1.54) is 12.1 Å². The summed E-state index contributed by atoms with van der Waals surface area (Å²) >= 11 is 6.19. The van der Waals surface area contributed by atoms with E-state index in [1.807, 2.05) is 0 Å². The van der Waals surface area contributed by atoms with E-state index in [0.29, 0.717) is 25.1 Å². The predicted molar refractivity (Wildman–Crippen MR) is 127 cm³/mol. The molecule has 2 aromatic carbocycles. The van der Waals surface area contributed by atoms with Gasteiger partial charge in [0.25, 0.3) is 5.91 Å². The summed E-state index contributed by atoms with van der Waals surface area (Å²) in [6, 6.07) is 4.82. The second-order valence-corrected chi connectivity index (χ2v) is 12.2. The Hall–Kier alpha value is -2.18. The number of anilines is 1. The van der Waals surface area contributed by atoms with Crippen LogP contribution in [0.4, 0.5) is 18.9 Å². The van der Waals surface area contributed by atoms with Gasteiger partial charge in [0.15, 0.2) is 27.3 Å².